The van der Waals surface area contributed by atoms with Crippen LogP contribution in [0.25, 0.3) is 16.1 Å². The molecule has 0 radical (unpaired) electrons. The molecule has 0 saturated carbocycles. The van der Waals surface area contributed by atoms with Crippen molar-refractivity contribution < 1.29 is 27.5 Å². The molecule has 0 bridgehead atoms. The third-order valence-corrected chi connectivity index (χ3v) is 4.89. The number of thiophene rings is 1. The zero-order valence-corrected chi connectivity index (χ0v) is 15.7. The van der Waals surface area contributed by atoms with Gasteiger partial charge in [0.25, 0.3) is 0 Å². The van der Waals surface area contributed by atoms with E-state index in [2.05, 4.69) is 5.10 Å². The lowest BCUT2D eigenvalue weighted by atomic mass is 10.1. The van der Waals surface area contributed by atoms with Crippen LogP contribution in [0.5, 0.6) is 0 Å². The minimum atomic E-state index is -4.82. The summed E-state index contributed by atoms with van der Waals surface area (Å²) in [4.78, 5) is 24.3. The molecule has 0 aliphatic rings. The molecule has 28 heavy (non-hydrogen) atoms. The quantitative estimate of drug-likeness (QED) is 0.440. The Bertz CT molecular complexity index is 1040. The standard InChI is InChI=1S/C19H15F3N2O3S/c1-3-27-18(26)15-10-23-24(17(15)19(20,21)22)13-6-4-5-12(9-13)16-14(11(2)25)7-8-28-16/h4-10H,3H2,1-2H3. The average molecular weight is 408 g/mol. The number of esters is 1. The Labute approximate surface area is 162 Å². The van der Waals surface area contributed by atoms with Crippen molar-refractivity contribution in [1.29, 1.82) is 0 Å². The number of ether oxygens (including phenoxy) is 1. The summed E-state index contributed by atoms with van der Waals surface area (Å²) in [5.41, 5.74) is -0.672. The fraction of sp³-hybridized carbons (Fsp3) is 0.211. The molecule has 0 saturated heterocycles. The minimum Gasteiger partial charge on any atom is -0.462 e. The molecule has 0 N–H and O–H groups in total. The molecule has 0 aliphatic heterocycles. The lowest BCUT2D eigenvalue weighted by molar-refractivity contribution is -0.143. The molecule has 0 spiro atoms. The number of ketones is 1. The predicted octanol–water partition coefficient (Wildman–Crippen LogP) is 5.00. The number of hydrogen-bond donors (Lipinski definition) is 0. The normalized spacial score (nSPS) is 11.5. The van der Waals surface area contributed by atoms with Crippen LogP contribution in [0.2, 0.25) is 0 Å². The molecular formula is C19H15F3N2O3S. The first-order valence-electron chi connectivity index (χ1n) is 8.25. The summed E-state index contributed by atoms with van der Waals surface area (Å²) in [6.07, 6.45) is -3.97. The van der Waals surface area contributed by atoms with Crippen molar-refractivity contribution in [3.8, 4) is 16.1 Å². The van der Waals surface area contributed by atoms with Crippen molar-refractivity contribution in [2.24, 2.45) is 0 Å². The van der Waals surface area contributed by atoms with Crippen LogP contribution >= 0.6 is 11.3 Å². The highest BCUT2D eigenvalue weighted by molar-refractivity contribution is 7.14. The number of hydrogen-bond acceptors (Lipinski definition) is 5. The Morgan fingerprint density at radius 1 is 1.21 bits per heavy atom. The van der Waals surface area contributed by atoms with Gasteiger partial charge in [0.15, 0.2) is 11.5 Å². The zero-order chi connectivity index (χ0) is 20.5. The highest BCUT2D eigenvalue weighted by Gasteiger charge is 2.41. The summed E-state index contributed by atoms with van der Waals surface area (Å²) in [6.45, 7) is 2.88. The maximum Gasteiger partial charge on any atom is 0.434 e. The Morgan fingerprint density at radius 3 is 2.61 bits per heavy atom. The zero-order valence-electron chi connectivity index (χ0n) is 14.9. The first kappa shape index (κ1) is 19.8. The Balaban J connectivity index is 2.14. The largest absolute Gasteiger partial charge is 0.462 e. The van der Waals surface area contributed by atoms with Crippen LogP contribution < -0.4 is 0 Å². The Hall–Kier alpha value is -2.94. The fourth-order valence-electron chi connectivity index (χ4n) is 2.76. The molecular weight excluding hydrogens is 393 g/mol. The molecule has 5 nitrogen and oxygen atoms in total. The predicted molar refractivity (Wildman–Crippen MR) is 97.8 cm³/mol. The number of nitrogens with zero attached hydrogens (tertiary/aromatic N) is 2. The monoisotopic (exact) mass is 408 g/mol. The van der Waals surface area contributed by atoms with E-state index in [0.717, 1.165) is 6.20 Å². The number of carbonyl (C=O) groups excluding carboxylic acids is 2. The number of aromatic nitrogens is 2. The highest BCUT2D eigenvalue weighted by Crippen LogP contribution is 2.36. The molecule has 0 aliphatic carbocycles. The van der Waals surface area contributed by atoms with E-state index in [1.54, 1.807) is 23.6 Å². The average Bonchev–Trinajstić information content (AvgIpc) is 3.29. The van der Waals surface area contributed by atoms with Crippen molar-refractivity contribution in [2.75, 3.05) is 6.61 Å². The summed E-state index contributed by atoms with van der Waals surface area (Å²) >= 11 is 1.31. The van der Waals surface area contributed by atoms with E-state index in [9.17, 15) is 22.8 Å². The second-order valence-corrected chi connectivity index (χ2v) is 6.72. The van der Waals surface area contributed by atoms with Crippen molar-refractivity contribution in [3.63, 3.8) is 0 Å². The third-order valence-electron chi connectivity index (χ3n) is 3.93. The SMILES string of the molecule is CCOC(=O)c1cnn(-c2cccc(-c3sccc3C(C)=O)c2)c1C(F)(F)F. The summed E-state index contributed by atoms with van der Waals surface area (Å²) in [7, 11) is 0. The van der Waals surface area contributed by atoms with E-state index in [-0.39, 0.29) is 18.1 Å². The van der Waals surface area contributed by atoms with Crippen LogP contribution in [0, 0.1) is 0 Å². The summed E-state index contributed by atoms with van der Waals surface area (Å²) < 4.78 is 46.4. The van der Waals surface area contributed by atoms with Gasteiger partial charge in [-0.1, -0.05) is 12.1 Å². The maximum atomic E-state index is 13.7. The molecule has 9 heteroatoms. The van der Waals surface area contributed by atoms with Gasteiger partial charge in [0.05, 0.1) is 18.5 Å². The van der Waals surface area contributed by atoms with Gasteiger partial charge >= 0.3 is 12.1 Å². The summed E-state index contributed by atoms with van der Waals surface area (Å²) in [5, 5.41) is 5.51. The van der Waals surface area contributed by atoms with Gasteiger partial charge in [-0.3, -0.25) is 4.79 Å². The molecule has 0 atom stereocenters. The lowest BCUT2D eigenvalue weighted by Gasteiger charge is -2.13. The van der Waals surface area contributed by atoms with E-state index in [1.807, 2.05) is 0 Å². The molecule has 2 aromatic heterocycles. The number of halogens is 3. The van der Waals surface area contributed by atoms with Crippen LogP contribution in [0.1, 0.15) is 40.3 Å². The number of Topliss-reactive ketones (excluding diaryl/α,β-unsaturated/α-hetero) is 1. The van der Waals surface area contributed by atoms with Gasteiger partial charge in [0, 0.05) is 10.4 Å². The first-order valence-corrected chi connectivity index (χ1v) is 9.13. The van der Waals surface area contributed by atoms with Gasteiger partial charge in [-0.15, -0.1) is 11.3 Å². The van der Waals surface area contributed by atoms with E-state index in [0.29, 0.717) is 20.7 Å². The highest BCUT2D eigenvalue weighted by atomic mass is 32.1. The van der Waals surface area contributed by atoms with Crippen LogP contribution in [-0.4, -0.2) is 28.1 Å². The molecule has 146 valence electrons. The third kappa shape index (κ3) is 3.70. The van der Waals surface area contributed by atoms with Crippen LogP contribution in [0.3, 0.4) is 0 Å². The minimum absolute atomic E-state index is 0.0526. The fourth-order valence-corrected chi connectivity index (χ4v) is 3.71. The topological polar surface area (TPSA) is 61.2 Å². The van der Waals surface area contributed by atoms with Gasteiger partial charge in [0.1, 0.15) is 5.56 Å². The number of rotatable bonds is 5. The van der Waals surface area contributed by atoms with Gasteiger partial charge in [0.2, 0.25) is 0 Å². The van der Waals surface area contributed by atoms with E-state index >= 15 is 0 Å². The van der Waals surface area contributed by atoms with Gasteiger partial charge in [-0.05, 0) is 43.0 Å². The molecule has 1 aromatic carbocycles. The van der Waals surface area contributed by atoms with Crippen molar-refractivity contribution in [3.05, 3.63) is 58.7 Å². The van der Waals surface area contributed by atoms with E-state index < -0.39 is 23.4 Å². The van der Waals surface area contributed by atoms with Crippen LogP contribution in [0.15, 0.2) is 41.9 Å². The van der Waals surface area contributed by atoms with E-state index in [4.69, 9.17) is 4.74 Å². The smallest absolute Gasteiger partial charge is 0.434 e. The first-order chi connectivity index (χ1) is 13.2. The molecule has 3 rings (SSSR count). The second-order valence-electron chi connectivity index (χ2n) is 5.81. The number of alkyl halides is 3. The lowest BCUT2D eigenvalue weighted by Crippen LogP contribution is -2.18. The molecule has 0 unspecified atom stereocenters. The van der Waals surface area contributed by atoms with Gasteiger partial charge in [-0.25, -0.2) is 9.48 Å². The molecule has 0 amide bonds. The van der Waals surface area contributed by atoms with E-state index in [1.165, 1.54) is 37.3 Å². The Kier molecular flexibility index (Phi) is 5.37. The molecule has 0 fully saturated rings. The Morgan fingerprint density at radius 2 is 1.96 bits per heavy atom. The van der Waals surface area contributed by atoms with Crippen molar-refractivity contribution >= 4 is 23.1 Å². The molecule has 2 heterocycles. The van der Waals surface area contributed by atoms with Gasteiger partial charge in [-0.2, -0.15) is 18.3 Å². The van der Waals surface area contributed by atoms with Crippen LogP contribution in [0.4, 0.5) is 13.2 Å². The van der Waals surface area contributed by atoms with Crippen molar-refractivity contribution in [2.45, 2.75) is 20.0 Å². The van der Waals surface area contributed by atoms with Crippen molar-refractivity contribution in [1.82, 2.24) is 9.78 Å². The molecule has 3 aromatic rings. The second kappa shape index (κ2) is 7.59. The van der Waals surface area contributed by atoms with Crippen LogP contribution in [-0.2, 0) is 10.9 Å². The summed E-state index contributed by atoms with van der Waals surface area (Å²) in [5.74, 6) is -1.23. The number of benzene rings is 1. The summed E-state index contributed by atoms with van der Waals surface area (Å²) in [6, 6.07) is 7.88. The maximum absolute atomic E-state index is 13.7. The number of carbonyl (C=O) groups is 2. The van der Waals surface area contributed by atoms with Gasteiger partial charge < -0.3 is 4.74 Å².